The van der Waals surface area contributed by atoms with Gasteiger partial charge < -0.3 is 21.0 Å². The first-order chi connectivity index (χ1) is 8.60. The summed E-state index contributed by atoms with van der Waals surface area (Å²) in [6, 6.07) is 4.65. The van der Waals surface area contributed by atoms with Gasteiger partial charge in [0.15, 0.2) is 0 Å². The summed E-state index contributed by atoms with van der Waals surface area (Å²) in [5.74, 6) is -0.214. The highest BCUT2D eigenvalue weighted by atomic mass is 16.2. The third-order valence-corrected chi connectivity index (χ3v) is 2.72. The average molecular weight is 248 g/mol. The first-order valence-corrected chi connectivity index (χ1v) is 5.88. The topological polar surface area (TPSA) is 104 Å². The van der Waals surface area contributed by atoms with Crippen LogP contribution in [0.25, 0.3) is 11.0 Å². The number of nitrogens with two attached hydrogens (primary N) is 1. The lowest BCUT2D eigenvalue weighted by molar-refractivity contribution is -0.117. The number of imidazole rings is 1. The van der Waals surface area contributed by atoms with E-state index in [1.165, 1.54) is 0 Å². The van der Waals surface area contributed by atoms with Crippen molar-refractivity contribution in [1.29, 1.82) is 0 Å². The van der Waals surface area contributed by atoms with Crippen molar-refractivity contribution in [2.24, 2.45) is 5.73 Å². The third-order valence-electron chi connectivity index (χ3n) is 2.72. The van der Waals surface area contributed by atoms with Crippen molar-refractivity contribution in [2.45, 2.75) is 25.8 Å². The number of nitrogens with one attached hydrogen (secondary N) is 3. The largest absolute Gasteiger partial charge is 0.325 e. The number of hydrogen-bond donors (Lipinski definition) is 4. The van der Waals surface area contributed by atoms with Crippen molar-refractivity contribution in [3.05, 3.63) is 28.7 Å². The number of benzene rings is 1. The van der Waals surface area contributed by atoms with Crippen molar-refractivity contribution in [3.63, 3.8) is 0 Å². The Morgan fingerprint density at radius 1 is 1.39 bits per heavy atom. The van der Waals surface area contributed by atoms with Gasteiger partial charge in [-0.2, -0.15) is 0 Å². The summed E-state index contributed by atoms with van der Waals surface area (Å²) >= 11 is 0. The summed E-state index contributed by atoms with van der Waals surface area (Å²) < 4.78 is 0. The first-order valence-electron chi connectivity index (χ1n) is 5.88. The molecule has 1 atom stereocenters. The Morgan fingerprint density at radius 3 is 2.83 bits per heavy atom. The van der Waals surface area contributed by atoms with Crippen LogP contribution >= 0.6 is 0 Å². The molecule has 0 aliphatic rings. The zero-order chi connectivity index (χ0) is 13.1. The normalized spacial score (nSPS) is 12.6. The molecule has 2 aromatic rings. The number of rotatable bonds is 4. The van der Waals surface area contributed by atoms with Crippen LogP contribution < -0.4 is 16.7 Å². The number of H-pyrrole nitrogens is 2. The van der Waals surface area contributed by atoms with E-state index in [4.69, 9.17) is 5.73 Å². The number of fused-ring (bicyclic) bond motifs is 1. The molecule has 0 bridgehead atoms. The minimum absolute atomic E-state index is 0.214. The van der Waals surface area contributed by atoms with Crippen LogP contribution in [-0.4, -0.2) is 21.9 Å². The molecule has 1 aromatic carbocycles. The van der Waals surface area contributed by atoms with Crippen molar-refractivity contribution in [2.75, 3.05) is 5.32 Å². The molecule has 0 aliphatic heterocycles. The monoisotopic (exact) mass is 248 g/mol. The fourth-order valence-corrected chi connectivity index (χ4v) is 1.79. The molecule has 96 valence electrons. The molecule has 0 spiro atoms. The van der Waals surface area contributed by atoms with Gasteiger partial charge in [0, 0.05) is 5.69 Å². The molecule has 1 amide bonds. The maximum Gasteiger partial charge on any atom is 0.323 e. The average Bonchev–Trinajstić information content (AvgIpc) is 2.68. The second-order valence-corrected chi connectivity index (χ2v) is 4.22. The molecule has 1 heterocycles. The zero-order valence-electron chi connectivity index (χ0n) is 10.1. The molecule has 2 rings (SSSR count). The van der Waals surface area contributed by atoms with E-state index < -0.39 is 6.04 Å². The van der Waals surface area contributed by atoms with E-state index in [0.717, 1.165) is 6.42 Å². The van der Waals surface area contributed by atoms with Crippen molar-refractivity contribution in [3.8, 4) is 0 Å². The molecule has 0 saturated heterocycles. The first kappa shape index (κ1) is 12.4. The molecule has 18 heavy (non-hydrogen) atoms. The van der Waals surface area contributed by atoms with E-state index in [2.05, 4.69) is 15.3 Å². The Bertz CT molecular complexity index is 614. The number of hydrogen-bond acceptors (Lipinski definition) is 3. The van der Waals surface area contributed by atoms with E-state index in [9.17, 15) is 9.59 Å². The third kappa shape index (κ3) is 2.60. The maximum absolute atomic E-state index is 11.7. The van der Waals surface area contributed by atoms with Gasteiger partial charge in [0.2, 0.25) is 5.91 Å². The number of anilines is 1. The van der Waals surface area contributed by atoms with Gasteiger partial charge in [0.05, 0.1) is 17.1 Å². The molecule has 1 unspecified atom stereocenters. The molecule has 0 fully saturated rings. The number of carbonyl (C=O) groups is 1. The lowest BCUT2D eigenvalue weighted by Gasteiger charge is -2.11. The molecule has 6 nitrogen and oxygen atoms in total. The van der Waals surface area contributed by atoms with E-state index in [1.54, 1.807) is 18.2 Å². The van der Waals surface area contributed by atoms with E-state index >= 15 is 0 Å². The summed E-state index contributed by atoms with van der Waals surface area (Å²) in [6.07, 6.45) is 1.51. The fraction of sp³-hybridized carbons (Fsp3) is 0.333. The Balaban J connectivity index is 2.16. The molecule has 0 aliphatic carbocycles. The lowest BCUT2D eigenvalue weighted by Crippen LogP contribution is -2.35. The Morgan fingerprint density at radius 2 is 2.11 bits per heavy atom. The van der Waals surface area contributed by atoms with Gasteiger partial charge in [-0.1, -0.05) is 13.3 Å². The van der Waals surface area contributed by atoms with E-state index in [-0.39, 0.29) is 11.6 Å². The zero-order valence-corrected chi connectivity index (χ0v) is 10.1. The summed E-state index contributed by atoms with van der Waals surface area (Å²) in [7, 11) is 0. The van der Waals surface area contributed by atoms with Crippen LogP contribution in [0.4, 0.5) is 5.69 Å². The van der Waals surface area contributed by atoms with Crippen molar-refractivity contribution < 1.29 is 4.79 Å². The van der Waals surface area contributed by atoms with Crippen LogP contribution in [0.15, 0.2) is 23.0 Å². The lowest BCUT2D eigenvalue weighted by atomic mass is 10.1. The standard InChI is InChI=1S/C12H16N4O2/c1-2-3-8(13)11(17)14-7-4-5-9-10(6-7)16-12(18)15-9/h4-6,8H,2-3,13H2,1H3,(H,14,17)(H2,15,16,18). The smallest absolute Gasteiger partial charge is 0.323 e. The molecule has 5 N–H and O–H groups in total. The Labute approximate surface area is 104 Å². The second-order valence-electron chi connectivity index (χ2n) is 4.22. The highest BCUT2D eigenvalue weighted by Crippen LogP contribution is 2.14. The predicted octanol–water partition coefficient (Wildman–Crippen LogP) is 0.922. The minimum Gasteiger partial charge on any atom is -0.325 e. The number of amides is 1. The van der Waals surface area contributed by atoms with Gasteiger partial charge in [-0.25, -0.2) is 4.79 Å². The molecule has 6 heteroatoms. The number of aromatic nitrogens is 2. The van der Waals surface area contributed by atoms with E-state index in [1.807, 2.05) is 6.92 Å². The highest BCUT2D eigenvalue weighted by Gasteiger charge is 2.12. The van der Waals surface area contributed by atoms with Crippen LogP contribution in [0.2, 0.25) is 0 Å². The molecule has 0 radical (unpaired) electrons. The summed E-state index contributed by atoms with van der Waals surface area (Å²) in [4.78, 5) is 28.1. The number of carbonyl (C=O) groups excluding carboxylic acids is 1. The van der Waals surface area contributed by atoms with Gasteiger partial charge in [0.1, 0.15) is 0 Å². The van der Waals surface area contributed by atoms with Crippen LogP contribution in [0.3, 0.4) is 0 Å². The molecule has 1 aromatic heterocycles. The SMILES string of the molecule is CCCC(N)C(=O)Nc1ccc2[nH]c(=O)[nH]c2c1. The highest BCUT2D eigenvalue weighted by molar-refractivity contribution is 5.96. The van der Waals surface area contributed by atoms with Crippen LogP contribution in [0, 0.1) is 0 Å². The van der Waals surface area contributed by atoms with Gasteiger partial charge in [0.25, 0.3) is 0 Å². The van der Waals surface area contributed by atoms with Gasteiger partial charge in [-0.15, -0.1) is 0 Å². The number of aromatic amines is 2. The minimum atomic E-state index is -0.504. The Hall–Kier alpha value is -2.08. The quantitative estimate of drug-likeness (QED) is 0.646. The predicted molar refractivity (Wildman–Crippen MR) is 70.4 cm³/mol. The Kier molecular flexibility index (Phi) is 3.47. The van der Waals surface area contributed by atoms with Gasteiger partial charge in [-0.3, -0.25) is 4.79 Å². The van der Waals surface area contributed by atoms with Gasteiger partial charge in [-0.05, 0) is 24.6 Å². The van der Waals surface area contributed by atoms with Gasteiger partial charge >= 0.3 is 5.69 Å². The molecular weight excluding hydrogens is 232 g/mol. The summed E-state index contributed by atoms with van der Waals surface area (Å²) in [5.41, 5.74) is 7.43. The van der Waals surface area contributed by atoms with E-state index in [0.29, 0.717) is 23.1 Å². The molecular formula is C12H16N4O2. The fourth-order valence-electron chi connectivity index (χ4n) is 1.79. The summed E-state index contributed by atoms with van der Waals surface area (Å²) in [5, 5.41) is 2.73. The second kappa shape index (κ2) is 5.05. The van der Waals surface area contributed by atoms with Crippen molar-refractivity contribution >= 4 is 22.6 Å². The van der Waals surface area contributed by atoms with Crippen LogP contribution in [0.5, 0.6) is 0 Å². The summed E-state index contributed by atoms with van der Waals surface area (Å²) in [6.45, 7) is 1.98. The maximum atomic E-state index is 11.7. The van der Waals surface area contributed by atoms with Crippen LogP contribution in [0.1, 0.15) is 19.8 Å². The van der Waals surface area contributed by atoms with Crippen LogP contribution in [-0.2, 0) is 4.79 Å². The van der Waals surface area contributed by atoms with Crippen molar-refractivity contribution in [1.82, 2.24) is 9.97 Å². The molecule has 0 saturated carbocycles.